The summed E-state index contributed by atoms with van der Waals surface area (Å²) in [5, 5.41) is 9.04. The summed E-state index contributed by atoms with van der Waals surface area (Å²) in [6.45, 7) is 13.8. The minimum absolute atomic E-state index is 0. The summed E-state index contributed by atoms with van der Waals surface area (Å²) in [5.74, 6) is 1.53. The number of nitrogens with one attached hydrogen (secondary N) is 2. The van der Waals surface area contributed by atoms with E-state index in [0.29, 0.717) is 12.0 Å². The molecule has 0 bridgehead atoms. The minimum Gasteiger partial charge on any atom is -0.357 e. The highest BCUT2D eigenvalue weighted by atomic mass is 127. The number of fused-ring (bicyclic) bond motifs is 1. The SMILES string of the molecule is CCNC(=NCC(C)C)NCC(C)N1CCc2sccc2C1.I. The van der Waals surface area contributed by atoms with Gasteiger partial charge in [0.15, 0.2) is 5.96 Å². The van der Waals surface area contributed by atoms with Gasteiger partial charge >= 0.3 is 0 Å². The van der Waals surface area contributed by atoms with Gasteiger partial charge in [0, 0.05) is 43.6 Å². The van der Waals surface area contributed by atoms with Gasteiger partial charge in [0.05, 0.1) is 0 Å². The Morgan fingerprint density at radius 1 is 1.35 bits per heavy atom. The Hall–Kier alpha value is -0.340. The van der Waals surface area contributed by atoms with Crippen LogP contribution in [0.25, 0.3) is 0 Å². The number of thiophene rings is 1. The molecule has 1 unspecified atom stereocenters. The van der Waals surface area contributed by atoms with E-state index < -0.39 is 0 Å². The molecule has 0 fully saturated rings. The Morgan fingerprint density at radius 2 is 2.13 bits per heavy atom. The fourth-order valence-corrected chi connectivity index (χ4v) is 3.53. The van der Waals surface area contributed by atoms with Crippen LogP contribution in [0.4, 0.5) is 0 Å². The Morgan fingerprint density at radius 3 is 2.83 bits per heavy atom. The van der Waals surface area contributed by atoms with Gasteiger partial charge in [0.2, 0.25) is 0 Å². The second kappa shape index (κ2) is 10.5. The molecule has 1 aromatic heterocycles. The van der Waals surface area contributed by atoms with Gasteiger partial charge in [-0.25, -0.2) is 0 Å². The van der Waals surface area contributed by atoms with E-state index in [4.69, 9.17) is 0 Å². The fourth-order valence-electron chi connectivity index (χ4n) is 2.64. The number of halogens is 1. The van der Waals surface area contributed by atoms with Crippen LogP contribution in [0.3, 0.4) is 0 Å². The van der Waals surface area contributed by atoms with Crippen molar-refractivity contribution in [3.8, 4) is 0 Å². The van der Waals surface area contributed by atoms with Crippen LogP contribution in [-0.2, 0) is 13.0 Å². The topological polar surface area (TPSA) is 39.7 Å². The molecule has 2 heterocycles. The van der Waals surface area contributed by atoms with E-state index in [1.54, 1.807) is 4.88 Å². The smallest absolute Gasteiger partial charge is 0.191 e. The highest BCUT2D eigenvalue weighted by Gasteiger charge is 2.21. The quantitative estimate of drug-likeness (QED) is 0.397. The second-order valence-electron chi connectivity index (χ2n) is 6.43. The molecule has 1 atom stereocenters. The summed E-state index contributed by atoms with van der Waals surface area (Å²) in [5.41, 5.74) is 1.52. The third-order valence-corrected chi connectivity index (χ3v) is 5.01. The highest BCUT2D eigenvalue weighted by Crippen LogP contribution is 2.24. The van der Waals surface area contributed by atoms with Crippen LogP contribution in [-0.4, -0.2) is 43.1 Å². The van der Waals surface area contributed by atoms with Crippen molar-refractivity contribution in [3.63, 3.8) is 0 Å². The molecule has 1 aromatic rings. The Kier molecular flexibility index (Phi) is 9.46. The van der Waals surface area contributed by atoms with Crippen molar-refractivity contribution >= 4 is 41.3 Å². The summed E-state index contributed by atoms with van der Waals surface area (Å²) < 4.78 is 0. The molecule has 0 saturated heterocycles. The molecular weight excluding hydrogens is 419 g/mol. The Labute approximate surface area is 162 Å². The van der Waals surface area contributed by atoms with E-state index in [0.717, 1.165) is 38.7 Å². The lowest BCUT2D eigenvalue weighted by Gasteiger charge is -2.32. The number of hydrogen-bond donors (Lipinski definition) is 2. The highest BCUT2D eigenvalue weighted by molar-refractivity contribution is 14.0. The van der Waals surface area contributed by atoms with Crippen molar-refractivity contribution < 1.29 is 0 Å². The van der Waals surface area contributed by atoms with Crippen LogP contribution in [0, 0.1) is 5.92 Å². The van der Waals surface area contributed by atoms with Crippen molar-refractivity contribution in [2.75, 3.05) is 26.2 Å². The van der Waals surface area contributed by atoms with Crippen LogP contribution in [0.1, 0.15) is 38.1 Å². The van der Waals surface area contributed by atoms with E-state index in [-0.39, 0.29) is 24.0 Å². The zero-order chi connectivity index (χ0) is 15.9. The number of guanidine groups is 1. The van der Waals surface area contributed by atoms with Crippen molar-refractivity contribution in [2.45, 2.75) is 46.7 Å². The molecule has 4 nitrogen and oxygen atoms in total. The van der Waals surface area contributed by atoms with Crippen LogP contribution in [0.2, 0.25) is 0 Å². The maximum Gasteiger partial charge on any atom is 0.191 e. The predicted molar refractivity (Wildman–Crippen MR) is 112 cm³/mol. The molecule has 0 saturated carbocycles. The van der Waals surface area contributed by atoms with E-state index >= 15 is 0 Å². The number of hydrogen-bond acceptors (Lipinski definition) is 3. The average molecular weight is 450 g/mol. The van der Waals surface area contributed by atoms with E-state index in [9.17, 15) is 0 Å². The molecule has 1 aliphatic heterocycles. The minimum atomic E-state index is 0. The van der Waals surface area contributed by atoms with Crippen molar-refractivity contribution in [3.05, 3.63) is 21.9 Å². The Bertz CT molecular complexity index is 487. The molecule has 23 heavy (non-hydrogen) atoms. The Balaban J connectivity index is 0.00000264. The first-order chi connectivity index (χ1) is 10.6. The van der Waals surface area contributed by atoms with Crippen LogP contribution >= 0.6 is 35.3 Å². The van der Waals surface area contributed by atoms with Gasteiger partial charge < -0.3 is 10.6 Å². The molecule has 1 aliphatic rings. The summed E-state index contributed by atoms with van der Waals surface area (Å²) in [6.07, 6.45) is 1.19. The molecule has 0 spiro atoms. The zero-order valence-corrected chi connectivity index (χ0v) is 17.9. The molecule has 0 aliphatic carbocycles. The van der Waals surface area contributed by atoms with Gasteiger partial charge in [0.1, 0.15) is 0 Å². The maximum atomic E-state index is 4.64. The molecule has 2 N–H and O–H groups in total. The number of nitrogens with zero attached hydrogens (tertiary/aromatic N) is 2. The van der Waals surface area contributed by atoms with Crippen LogP contribution < -0.4 is 10.6 Å². The third kappa shape index (κ3) is 6.58. The van der Waals surface area contributed by atoms with E-state index in [1.807, 2.05) is 11.3 Å². The fraction of sp³-hybridized carbons (Fsp3) is 0.706. The van der Waals surface area contributed by atoms with Crippen molar-refractivity contribution in [1.29, 1.82) is 0 Å². The lowest BCUT2D eigenvalue weighted by molar-refractivity contribution is 0.192. The van der Waals surface area contributed by atoms with Gasteiger partial charge in [-0.05, 0) is 43.2 Å². The largest absolute Gasteiger partial charge is 0.357 e. The van der Waals surface area contributed by atoms with Crippen LogP contribution in [0.5, 0.6) is 0 Å². The average Bonchev–Trinajstić information content (AvgIpc) is 2.97. The number of aliphatic imine (C=N–C) groups is 1. The molecular formula is C17H31IN4S. The lowest BCUT2D eigenvalue weighted by Crippen LogP contribution is -2.47. The molecule has 2 rings (SSSR count). The van der Waals surface area contributed by atoms with Crippen molar-refractivity contribution in [2.24, 2.45) is 10.9 Å². The molecule has 132 valence electrons. The normalized spacial score (nSPS) is 16.7. The van der Waals surface area contributed by atoms with Gasteiger partial charge in [-0.3, -0.25) is 9.89 Å². The summed E-state index contributed by atoms with van der Waals surface area (Å²) >= 11 is 1.90. The van der Waals surface area contributed by atoms with Gasteiger partial charge in [0.25, 0.3) is 0 Å². The monoisotopic (exact) mass is 450 g/mol. The van der Waals surface area contributed by atoms with Crippen LogP contribution in [0.15, 0.2) is 16.4 Å². The number of rotatable bonds is 6. The lowest BCUT2D eigenvalue weighted by atomic mass is 10.1. The first kappa shape index (κ1) is 20.7. The molecule has 0 amide bonds. The summed E-state index contributed by atoms with van der Waals surface area (Å²) in [4.78, 5) is 8.77. The molecule has 6 heteroatoms. The predicted octanol–water partition coefficient (Wildman–Crippen LogP) is 3.32. The molecule has 0 aromatic carbocycles. The summed E-state index contributed by atoms with van der Waals surface area (Å²) in [6, 6.07) is 2.79. The summed E-state index contributed by atoms with van der Waals surface area (Å²) in [7, 11) is 0. The maximum absolute atomic E-state index is 4.64. The zero-order valence-electron chi connectivity index (χ0n) is 14.8. The third-order valence-electron chi connectivity index (χ3n) is 3.98. The van der Waals surface area contributed by atoms with E-state index in [2.05, 4.69) is 59.7 Å². The second-order valence-corrected chi connectivity index (χ2v) is 7.43. The van der Waals surface area contributed by atoms with Gasteiger partial charge in [-0.1, -0.05) is 13.8 Å². The molecule has 0 radical (unpaired) electrons. The van der Waals surface area contributed by atoms with Gasteiger partial charge in [-0.2, -0.15) is 0 Å². The van der Waals surface area contributed by atoms with Gasteiger partial charge in [-0.15, -0.1) is 35.3 Å². The van der Waals surface area contributed by atoms with E-state index in [1.165, 1.54) is 12.0 Å². The van der Waals surface area contributed by atoms with Crippen molar-refractivity contribution in [1.82, 2.24) is 15.5 Å². The standard InChI is InChI=1S/C17H30N4S.HI/c1-5-18-17(19-10-13(2)3)20-11-14(4)21-8-6-16-15(12-21)7-9-22-16;/h7,9,13-14H,5-6,8,10-12H2,1-4H3,(H2,18,19,20);1H. The first-order valence-electron chi connectivity index (χ1n) is 8.41. The first-order valence-corrected chi connectivity index (χ1v) is 9.29.